The van der Waals surface area contributed by atoms with Crippen LogP contribution in [0.1, 0.15) is 5.76 Å². The third-order valence-corrected chi connectivity index (χ3v) is 1.77. The van der Waals surface area contributed by atoms with Crippen molar-refractivity contribution in [1.82, 2.24) is 9.97 Å². The SMILES string of the molecule is Cc1ccc(-c2cc(=O)[nH]c(=O)[nH]2)o1. The van der Waals surface area contributed by atoms with Crippen LogP contribution >= 0.6 is 0 Å². The van der Waals surface area contributed by atoms with Crippen LogP contribution in [0.5, 0.6) is 0 Å². The van der Waals surface area contributed by atoms with Gasteiger partial charge in [-0.2, -0.15) is 0 Å². The Morgan fingerprint density at radius 3 is 2.57 bits per heavy atom. The molecule has 0 aliphatic carbocycles. The second-order valence-corrected chi connectivity index (χ2v) is 2.91. The van der Waals surface area contributed by atoms with Crippen molar-refractivity contribution in [3.05, 3.63) is 44.8 Å². The van der Waals surface area contributed by atoms with Gasteiger partial charge in [0.2, 0.25) is 0 Å². The van der Waals surface area contributed by atoms with Crippen molar-refractivity contribution in [3.8, 4) is 11.5 Å². The quantitative estimate of drug-likeness (QED) is 0.695. The van der Waals surface area contributed by atoms with Crippen LogP contribution in [0.2, 0.25) is 0 Å². The maximum absolute atomic E-state index is 11.0. The highest BCUT2D eigenvalue weighted by atomic mass is 16.3. The normalized spacial score (nSPS) is 10.4. The summed E-state index contributed by atoms with van der Waals surface area (Å²) in [5, 5.41) is 0. The first-order valence-electron chi connectivity index (χ1n) is 4.05. The highest BCUT2D eigenvalue weighted by Crippen LogP contribution is 2.16. The minimum absolute atomic E-state index is 0.381. The van der Waals surface area contributed by atoms with Crippen molar-refractivity contribution in [3.63, 3.8) is 0 Å². The zero-order valence-corrected chi connectivity index (χ0v) is 7.46. The van der Waals surface area contributed by atoms with Gasteiger partial charge in [0, 0.05) is 6.07 Å². The zero-order chi connectivity index (χ0) is 10.1. The van der Waals surface area contributed by atoms with Gasteiger partial charge in [0.05, 0.1) is 5.69 Å². The number of nitrogens with one attached hydrogen (secondary N) is 2. The Hall–Kier alpha value is -2.04. The number of rotatable bonds is 1. The van der Waals surface area contributed by atoms with Gasteiger partial charge in [0.1, 0.15) is 5.76 Å². The highest BCUT2D eigenvalue weighted by Gasteiger charge is 2.04. The first kappa shape index (κ1) is 8.55. The van der Waals surface area contributed by atoms with Crippen molar-refractivity contribution in [1.29, 1.82) is 0 Å². The second-order valence-electron chi connectivity index (χ2n) is 2.91. The maximum Gasteiger partial charge on any atom is 0.326 e. The Kier molecular flexibility index (Phi) is 1.85. The number of furan rings is 1. The summed E-state index contributed by atoms with van der Waals surface area (Å²) >= 11 is 0. The lowest BCUT2D eigenvalue weighted by Gasteiger charge is -1.94. The maximum atomic E-state index is 11.0. The Morgan fingerprint density at radius 2 is 2.00 bits per heavy atom. The molecule has 0 atom stereocenters. The summed E-state index contributed by atoms with van der Waals surface area (Å²) in [5.74, 6) is 1.20. The van der Waals surface area contributed by atoms with Gasteiger partial charge < -0.3 is 9.40 Å². The van der Waals surface area contributed by atoms with Crippen LogP contribution in [0.3, 0.4) is 0 Å². The van der Waals surface area contributed by atoms with Crippen LogP contribution in [-0.4, -0.2) is 9.97 Å². The summed E-state index contributed by atoms with van der Waals surface area (Å²) in [6.07, 6.45) is 0. The Bertz CT molecular complexity index is 533. The fraction of sp³-hybridized carbons (Fsp3) is 0.111. The van der Waals surface area contributed by atoms with E-state index in [-0.39, 0.29) is 0 Å². The molecule has 14 heavy (non-hydrogen) atoms. The van der Waals surface area contributed by atoms with Gasteiger partial charge in [-0.05, 0) is 19.1 Å². The molecule has 0 aromatic carbocycles. The lowest BCUT2D eigenvalue weighted by Crippen LogP contribution is -2.21. The second kappa shape index (κ2) is 3.02. The summed E-state index contributed by atoms with van der Waals surface area (Å²) in [6.45, 7) is 1.79. The molecule has 0 unspecified atom stereocenters. The summed E-state index contributed by atoms with van der Waals surface area (Å²) in [5.41, 5.74) is -0.605. The molecule has 5 heteroatoms. The Balaban J connectivity index is 2.62. The van der Waals surface area contributed by atoms with E-state index in [1.54, 1.807) is 19.1 Å². The summed E-state index contributed by atoms with van der Waals surface area (Å²) in [6, 6.07) is 4.73. The number of hydrogen-bond acceptors (Lipinski definition) is 3. The van der Waals surface area contributed by atoms with E-state index in [4.69, 9.17) is 4.42 Å². The molecule has 0 fully saturated rings. The van der Waals surface area contributed by atoms with E-state index in [2.05, 4.69) is 9.97 Å². The Morgan fingerprint density at radius 1 is 1.21 bits per heavy atom. The van der Waals surface area contributed by atoms with Crippen molar-refractivity contribution in [2.75, 3.05) is 0 Å². The number of aryl methyl sites for hydroxylation is 1. The summed E-state index contributed by atoms with van der Waals surface area (Å²) < 4.78 is 5.26. The van der Waals surface area contributed by atoms with Gasteiger partial charge in [-0.25, -0.2) is 4.79 Å². The van der Waals surface area contributed by atoms with Crippen molar-refractivity contribution < 1.29 is 4.42 Å². The Labute approximate surface area is 78.4 Å². The standard InChI is InChI=1S/C9H8N2O3/c1-5-2-3-7(14-5)6-4-8(12)11-9(13)10-6/h2-4H,1H3,(H2,10,11,12,13). The van der Waals surface area contributed by atoms with Crippen LogP contribution in [0.4, 0.5) is 0 Å². The molecule has 2 rings (SSSR count). The third-order valence-electron chi connectivity index (χ3n) is 1.77. The fourth-order valence-electron chi connectivity index (χ4n) is 1.18. The molecule has 0 radical (unpaired) electrons. The average molecular weight is 192 g/mol. The molecule has 0 amide bonds. The topological polar surface area (TPSA) is 78.9 Å². The minimum atomic E-state index is -0.540. The van der Waals surface area contributed by atoms with Crippen LogP contribution in [0.25, 0.3) is 11.5 Å². The number of aromatic nitrogens is 2. The van der Waals surface area contributed by atoms with Crippen LogP contribution < -0.4 is 11.2 Å². The molecular weight excluding hydrogens is 184 g/mol. The van der Waals surface area contributed by atoms with Gasteiger partial charge in [0.15, 0.2) is 5.76 Å². The molecule has 72 valence electrons. The van der Waals surface area contributed by atoms with Gasteiger partial charge in [-0.3, -0.25) is 9.78 Å². The molecule has 0 bridgehead atoms. The predicted octanol–water partition coefficient (Wildman–Crippen LogP) is 0.632. The molecule has 2 heterocycles. The smallest absolute Gasteiger partial charge is 0.326 e. The van der Waals surface area contributed by atoms with Gasteiger partial charge in [-0.1, -0.05) is 0 Å². The van der Waals surface area contributed by atoms with Crippen LogP contribution in [0.15, 0.2) is 32.2 Å². The molecule has 0 spiro atoms. The first-order chi connectivity index (χ1) is 6.65. The van der Waals surface area contributed by atoms with Gasteiger partial charge >= 0.3 is 5.69 Å². The van der Waals surface area contributed by atoms with Gasteiger partial charge in [-0.15, -0.1) is 0 Å². The molecule has 0 saturated carbocycles. The molecule has 2 aromatic heterocycles. The van der Waals surface area contributed by atoms with E-state index >= 15 is 0 Å². The number of hydrogen-bond donors (Lipinski definition) is 2. The highest BCUT2D eigenvalue weighted by molar-refractivity contribution is 5.50. The first-order valence-corrected chi connectivity index (χ1v) is 4.05. The molecule has 2 N–H and O–H groups in total. The monoisotopic (exact) mass is 192 g/mol. The molecule has 0 aliphatic rings. The zero-order valence-electron chi connectivity index (χ0n) is 7.46. The lowest BCUT2D eigenvalue weighted by molar-refractivity contribution is 0.546. The number of aromatic amines is 2. The molecular formula is C9H8N2O3. The molecule has 2 aromatic rings. The minimum Gasteiger partial charge on any atom is -0.460 e. The van der Waals surface area contributed by atoms with E-state index < -0.39 is 11.2 Å². The van der Waals surface area contributed by atoms with Crippen molar-refractivity contribution >= 4 is 0 Å². The van der Waals surface area contributed by atoms with Crippen molar-refractivity contribution in [2.45, 2.75) is 6.92 Å². The van der Waals surface area contributed by atoms with Gasteiger partial charge in [0.25, 0.3) is 5.56 Å². The fourth-order valence-corrected chi connectivity index (χ4v) is 1.18. The predicted molar refractivity (Wildman–Crippen MR) is 50.1 cm³/mol. The average Bonchev–Trinajstić information content (AvgIpc) is 2.50. The molecule has 0 aliphatic heterocycles. The van der Waals surface area contributed by atoms with Crippen molar-refractivity contribution in [2.24, 2.45) is 0 Å². The lowest BCUT2D eigenvalue weighted by atomic mass is 10.3. The van der Waals surface area contributed by atoms with E-state index in [0.717, 1.165) is 5.76 Å². The third kappa shape index (κ3) is 1.52. The van der Waals surface area contributed by atoms with E-state index in [0.29, 0.717) is 11.5 Å². The van der Waals surface area contributed by atoms with Crippen LogP contribution in [0, 0.1) is 6.92 Å². The largest absolute Gasteiger partial charge is 0.460 e. The van der Waals surface area contributed by atoms with E-state index in [9.17, 15) is 9.59 Å². The van der Waals surface area contributed by atoms with E-state index in [1.165, 1.54) is 6.07 Å². The number of H-pyrrole nitrogens is 2. The summed E-state index contributed by atoms with van der Waals surface area (Å²) in [4.78, 5) is 26.5. The van der Waals surface area contributed by atoms with Crippen LogP contribution in [-0.2, 0) is 0 Å². The molecule has 5 nitrogen and oxygen atoms in total. The van der Waals surface area contributed by atoms with E-state index in [1.807, 2.05) is 0 Å². The molecule has 0 saturated heterocycles. The summed E-state index contributed by atoms with van der Waals surface area (Å²) in [7, 11) is 0.